The molecule has 0 amide bonds. The van der Waals surface area contributed by atoms with E-state index in [-0.39, 0.29) is 0 Å². The minimum atomic E-state index is 0.459. The Labute approximate surface area is 106 Å². The summed E-state index contributed by atoms with van der Waals surface area (Å²) in [6.45, 7) is 11.0. The minimum Gasteiger partial charge on any atom is -0.310 e. The third-order valence-corrected chi connectivity index (χ3v) is 3.29. The molecule has 3 nitrogen and oxygen atoms in total. The first-order valence-corrected chi connectivity index (χ1v) is 6.96. The van der Waals surface area contributed by atoms with Crippen LogP contribution in [0.2, 0.25) is 0 Å². The highest BCUT2D eigenvalue weighted by Gasteiger charge is 2.15. The van der Waals surface area contributed by atoms with Gasteiger partial charge >= 0.3 is 0 Å². The van der Waals surface area contributed by atoms with E-state index in [1.807, 2.05) is 6.20 Å². The Morgan fingerprint density at radius 2 is 2.12 bits per heavy atom. The number of aryl methyl sites for hydroxylation is 1. The zero-order valence-electron chi connectivity index (χ0n) is 11.7. The first-order chi connectivity index (χ1) is 8.21. The lowest BCUT2D eigenvalue weighted by atomic mass is 9.96. The number of nitrogens with zero attached hydrogens (tertiary/aromatic N) is 2. The second-order valence-electron chi connectivity index (χ2n) is 4.90. The van der Waals surface area contributed by atoms with Crippen LogP contribution in [0.5, 0.6) is 0 Å². The van der Waals surface area contributed by atoms with Gasteiger partial charge in [-0.05, 0) is 25.3 Å². The van der Waals surface area contributed by atoms with E-state index in [0.29, 0.717) is 6.04 Å². The third kappa shape index (κ3) is 4.50. The van der Waals surface area contributed by atoms with Crippen molar-refractivity contribution in [2.75, 3.05) is 6.54 Å². The Balaban J connectivity index is 2.67. The summed E-state index contributed by atoms with van der Waals surface area (Å²) in [6, 6.07) is 0.459. The molecule has 98 valence electrons. The molecule has 1 rings (SSSR count). The van der Waals surface area contributed by atoms with Crippen molar-refractivity contribution in [2.45, 2.75) is 59.5 Å². The maximum absolute atomic E-state index is 4.42. The molecule has 1 aromatic rings. The van der Waals surface area contributed by atoms with E-state index in [4.69, 9.17) is 0 Å². The number of rotatable bonds is 8. The van der Waals surface area contributed by atoms with Gasteiger partial charge in [0.25, 0.3) is 0 Å². The number of aromatic nitrogens is 2. The van der Waals surface area contributed by atoms with Gasteiger partial charge < -0.3 is 5.32 Å². The second kappa shape index (κ2) is 7.49. The predicted molar refractivity (Wildman–Crippen MR) is 73.0 cm³/mol. The minimum absolute atomic E-state index is 0.459. The molecule has 0 saturated carbocycles. The molecular weight excluding hydrogens is 210 g/mol. The van der Waals surface area contributed by atoms with Crippen LogP contribution in [0.1, 0.15) is 58.6 Å². The molecule has 3 heteroatoms. The Kier molecular flexibility index (Phi) is 6.27. The van der Waals surface area contributed by atoms with Gasteiger partial charge in [0, 0.05) is 24.3 Å². The van der Waals surface area contributed by atoms with Crippen LogP contribution in [-0.2, 0) is 6.54 Å². The lowest BCUT2D eigenvalue weighted by molar-refractivity contribution is 0.408. The zero-order chi connectivity index (χ0) is 12.7. The fourth-order valence-electron chi connectivity index (χ4n) is 2.06. The highest BCUT2D eigenvalue weighted by molar-refractivity contribution is 5.10. The summed E-state index contributed by atoms with van der Waals surface area (Å²) < 4.78 is 2.05. The Hall–Kier alpha value is -0.830. The summed E-state index contributed by atoms with van der Waals surface area (Å²) in [5, 5.41) is 7.99. The number of hydrogen-bond acceptors (Lipinski definition) is 2. The van der Waals surface area contributed by atoms with Gasteiger partial charge in [0.15, 0.2) is 0 Å². The van der Waals surface area contributed by atoms with E-state index in [0.717, 1.165) is 25.4 Å². The van der Waals surface area contributed by atoms with Gasteiger partial charge in [0.2, 0.25) is 0 Å². The average Bonchev–Trinajstić information content (AvgIpc) is 2.77. The summed E-state index contributed by atoms with van der Waals surface area (Å²) in [4.78, 5) is 0. The molecule has 0 aromatic carbocycles. The Bertz CT molecular complexity index is 306. The highest BCUT2D eigenvalue weighted by atomic mass is 15.3. The van der Waals surface area contributed by atoms with Crippen molar-refractivity contribution in [2.24, 2.45) is 5.92 Å². The molecule has 0 bridgehead atoms. The van der Waals surface area contributed by atoms with E-state index < -0.39 is 0 Å². The normalized spacial score (nSPS) is 14.8. The molecular formula is C14H27N3. The van der Waals surface area contributed by atoms with Crippen molar-refractivity contribution < 1.29 is 0 Å². The highest BCUT2D eigenvalue weighted by Crippen LogP contribution is 2.22. The number of hydrogen-bond donors (Lipinski definition) is 1. The fraction of sp³-hybridized carbons (Fsp3) is 0.786. The molecule has 17 heavy (non-hydrogen) atoms. The van der Waals surface area contributed by atoms with Gasteiger partial charge in [-0.1, -0.05) is 34.1 Å². The number of nitrogens with one attached hydrogen (secondary N) is 1. The van der Waals surface area contributed by atoms with Crippen LogP contribution in [0.15, 0.2) is 12.4 Å². The maximum atomic E-state index is 4.42. The van der Waals surface area contributed by atoms with Crippen LogP contribution in [0.3, 0.4) is 0 Å². The van der Waals surface area contributed by atoms with Crippen LogP contribution in [0.4, 0.5) is 0 Å². The molecule has 0 saturated heterocycles. The second-order valence-corrected chi connectivity index (χ2v) is 4.90. The van der Waals surface area contributed by atoms with Crippen LogP contribution in [-0.4, -0.2) is 16.3 Å². The van der Waals surface area contributed by atoms with Crippen molar-refractivity contribution in [1.82, 2.24) is 15.1 Å². The SMILES string of the molecule is CCCn1cc(C(CC(C)CC)NCC)cn1. The monoisotopic (exact) mass is 237 g/mol. The topological polar surface area (TPSA) is 29.9 Å². The van der Waals surface area contributed by atoms with Gasteiger partial charge in [0.1, 0.15) is 0 Å². The van der Waals surface area contributed by atoms with Crippen molar-refractivity contribution in [3.63, 3.8) is 0 Å². The van der Waals surface area contributed by atoms with E-state index >= 15 is 0 Å². The molecule has 1 heterocycles. The van der Waals surface area contributed by atoms with Crippen LogP contribution >= 0.6 is 0 Å². The lowest BCUT2D eigenvalue weighted by Gasteiger charge is -2.19. The van der Waals surface area contributed by atoms with Crippen LogP contribution in [0.25, 0.3) is 0 Å². The average molecular weight is 237 g/mol. The molecule has 0 aliphatic carbocycles. The summed E-state index contributed by atoms with van der Waals surface area (Å²) in [7, 11) is 0. The summed E-state index contributed by atoms with van der Waals surface area (Å²) in [6.07, 6.45) is 7.79. The van der Waals surface area contributed by atoms with Crippen molar-refractivity contribution >= 4 is 0 Å². The lowest BCUT2D eigenvalue weighted by Crippen LogP contribution is -2.22. The molecule has 0 aliphatic rings. The molecule has 1 N–H and O–H groups in total. The maximum Gasteiger partial charge on any atom is 0.0537 e. The summed E-state index contributed by atoms with van der Waals surface area (Å²) >= 11 is 0. The van der Waals surface area contributed by atoms with Crippen LogP contribution < -0.4 is 5.32 Å². The zero-order valence-corrected chi connectivity index (χ0v) is 11.7. The van der Waals surface area contributed by atoms with Gasteiger partial charge in [-0.15, -0.1) is 0 Å². The molecule has 1 aromatic heterocycles. The Morgan fingerprint density at radius 3 is 2.71 bits per heavy atom. The van der Waals surface area contributed by atoms with Crippen molar-refractivity contribution in [1.29, 1.82) is 0 Å². The van der Waals surface area contributed by atoms with Crippen LogP contribution in [0, 0.1) is 5.92 Å². The standard InChI is InChI=1S/C14H27N3/c1-5-8-17-11-13(10-16-17)14(15-7-3)9-12(4)6-2/h10-12,14-15H,5-9H2,1-4H3. The van der Waals surface area contributed by atoms with Gasteiger partial charge in [-0.2, -0.15) is 5.10 Å². The Morgan fingerprint density at radius 1 is 1.35 bits per heavy atom. The molecule has 2 unspecified atom stereocenters. The van der Waals surface area contributed by atoms with Gasteiger partial charge in [-0.25, -0.2) is 0 Å². The molecule has 2 atom stereocenters. The molecule has 0 radical (unpaired) electrons. The van der Waals surface area contributed by atoms with Crippen molar-refractivity contribution in [3.05, 3.63) is 18.0 Å². The summed E-state index contributed by atoms with van der Waals surface area (Å²) in [5.74, 6) is 0.758. The molecule has 0 fully saturated rings. The van der Waals surface area contributed by atoms with Gasteiger partial charge in [-0.3, -0.25) is 4.68 Å². The van der Waals surface area contributed by atoms with E-state index in [2.05, 4.69) is 49.0 Å². The van der Waals surface area contributed by atoms with E-state index in [1.54, 1.807) is 0 Å². The quantitative estimate of drug-likeness (QED) is 0.751. The molecule has 0 aliphatic heterocycles. The largest absolute Gasteiger partial charge is 0.310 e. The predicted octanol–water partition coefficient (Wildman–Crippen LogP) is 3.38. The van der Waals surface area contributed by atoms with E-state index in [1.165, 1.54) is 18.4 Å². The fourth-order valence-corrected chi connectivity index (χ4v) is 2.06. The van der Waals surface area contributed by atoms with Crippen molar-refractivity contribution in [3.8, 4) is 0 Å². The first-order valence-electron chi connectivity index (χ1n) is 6.96. The third-order valence-electron chi connectivity index (χ3n) is 3.29. The smallest absolute Gasteiger partial charge is 0.0537 e. The first kappa shape index (κ1) is 14.2. The summed E-state index contributed by atoms with van der Waals surface area (Å²) in [5.41, 5.74) is 1.33. The van der Waals surface area contributed by atoms with E-state index in [9.17, 15) is 0 Å². The molecule has 0 spiro atoms. The van der Waals surface area contributed by atoms with Gasteiger partial charge in [0.05, 0.1) is 6.20 Å².